The SMILES string of the molecule is COc1ccc(C(=O)OCC(=O)Nc2oc(-c3ccccc3)c(-c3ccccc3)c2C#N)cc1. The van der Waals surface area contributed by atoms with Gasteiger partial charge in [-0.25, -0.2) is 4.79 Å². The van der Waals surface area contributed by atoms with E-state index in [1.54, 1.807) is 12.1 Å². The molecular weight excluding hydrogens is 432 g/mol. The molecule has 0 aliphatic carbocycles. The summed E-state index contributed by atoms with van der Waals surface area (Å²) in [4.78, 5) is 24.8. The minimum Gasteiger partial charge on any atom is -0.497 e. The Hall–Kier alpha value is -4.83. The highest BCUT2D eigenvalue weighted by atomic mass is 16.5. The van der Waals surface area contributed by atoms with E-state index in [2.05, 4.69) is 11.4 Å². The molecule has 0 atom stereocenters. The molecule has 34 heavy (non-hydrogen) atoms. The van der Waals surface area contributed by atoms with Crippen LogP contribution in [0.15, 0.2) is 89.3 Å². The molecule has 4 rings (SSSR count). The quantitative estimate of drug-likeness (QED) is 0.382. The van der Waals surface area contributed by atoms with Gasteiger partial charge in [-0.15, -0.1) is 0 Å². The summed E-state index contributed by atoms with van der Waals surface area (Å²) in [6.07, 6.45) is 0. The summed E-state index contributed by atoms with van der Waals surface area (Å²) < 4.78 is 16.1. The van der Waals surface area contributed by atoms with Crippen LogP contribution in [0.5, 0.6) is 5.75 Å². The van der Waals surface area contributed by atoms with Gasteiger partial charge in [0.15, 0.2) is 6.61 Å². The average molecular weight is 452 g/mol. The van der Waals surface area contributed by atoms with Gasteiger partial charge < -0.3 is 13.9 Å². The summed E-state index contributed by atoms with van der Waals surface area (Å²) >= 11 is 0. The number of hydrogen-bond acceptors (Lipinski definition) is 6. The van der Waals surface area contributed by atoms with Crippen LogP contribution in [-0.4, -0.2) is 25.6 Å². The van der Waals surface area contributed by atoms with E-state index in [-0.39, 0.29) is 17.0 Å². The molecule has 0 spiro atoms. The Balaban J connectivity index is 1.57. The molecule has 0 radical (unpaired) electrons. The Kier molecular flexibility index (Phi) is 6.70. The smallest absolute Gasteiger partial charge is 0.338 e. The van der Waals surface area contributed by atoms with Gasteiger partial charge in [-0.1, -0.05) is 60.7 Å². The van der Waals surface area contributed by atoms with E-state index in [1.165, 1.54) is 19.2 Å². The molecule has 1 amide bonds. The molecule has 7 nitrogen and oxygen atoms in total. The highest BCUT2D eigenvalue weighted by molar-refractivity contribution is 5.98. The standard InChI is InChI=1S/C27H20N2O5/c1-32-21-14-12-20(13-15-21)27(31)33-17-23(30)29-26-22(16-28)24(18-8-4-2-5-9-18)25(34-26)19-10-6-3-7-11-19/h2-15H,17H2,1H3,(H,29,30). The number of carbonyl (C=O) groups excluding carboxylic acids is 2. The van der Waals surface area contributed by atoms with Gasteiger partial charge in [0.25, 0.3) is 5.91 Å². The molecule has 3 aromatic carbocycles. The fourth-order valence-corrected chi connectivity index (χ4v) is 3.40. The first-order chi connectivity index (χ1) is 16.6. The molecule has 7 heteroatoms. The zero-order valence-corrected chi connectivity index (χ0v) is 18.3. The number of amides is 1. The Labute approximate surface area is 196 Å². The number of rotatable bonds is 7. The second kappa shape index (κ2) is 10.2. The van der Waals surface area contributed by atoms with E-state index in [4.69, 9.17) is 13.9 Å². The van der Waals surface area contributed by atoms with Crippen LogP contribution in [0.1, 0.15) is 15.9 Å². The third kappa shape index (κ3) is 4.81. The van der Waals surface area contributed by atoms with Gasteiger partial charge in [-0.05, 0) is 29.8 Å². The normalized spacial score (nSPS) is 10.2. The van der Waals surface area contributed by atoms with Gasteiger partial charge in [-0.3, -0.25) is 10.1 Å². The van der Waals surface area contributed by atoms with E-state index < -0.39 is 18.5 Å². The molecular formula is C27H20N2O5. The molecule has 0 aliphatic rings. The second-order valence-corrected chi connectivity index (χ2v) is 7.21. The first kappa shape index (κ1) is 22.4. The molecule has 1 aromatic heterocycles. The van der Waals surface area contributed by atoms with Crippen molar-refractivity contribution < 1.29 is 23.5 Å². The Morgan fingerprint density at radius 3 is 2.12 bits per heavy atom. The summed E-state index contributed by atoms with van der Waals surface area (Å²) in [5.74, 6) is -0.252. The lowest BCUT2D eigenvalue weighted by Crippen LogP contribution is -2.21. The fraction of sp³-hybridized carbons (Fsp3) is 0.0741. The van der Waals surface area contributed by atoms with Gasteiger partial charge in [0, 0.05) is 11.1 Å². The maximum Gasteiger partial charge on any atom is 0.338 e. The number of anilines is 1. The Bertz CT molecular complexity index is 1340. The van der Waals surface area contributed by atoms with E-state index in [9.17, 15) is 14.9 Å². The van der Waals surface area contributed by atoms with Crippen molar-refractivity contribution in [2.75, 3.05) is 19.0 Å². The number of ether oxygens (including phenoxy) is 2. The molecule has 0 unspecified atom stereocenters. The zero-order valence-electron chi connectivity index (χ0n) is 18.3. The third-order valence-electron chi connectivity index (χ3n) is 5.03. The van der Waals surface area contributed by atoms with Crippen LogP contribution in [0.25, 0.3) is 22.5 Å². The summed E-state index contributed by atoms with van der Waals surface area (Å²) in [7, 11) is 1.52. The molecule has 168 valence electrons. The van der Waals surface area contributed by atoms with E-state index >= 15 is 0 Å². The second-order valence-electron chi connectivity index (χ2n) is 7.21. The largest absolute Gasteiger partial charge is 0.497 e. The van der Waals surface area contributed by atoms with Crippen molar-refractivity contribution in [2.45, 2.75) is 0 Å². The number of nitrogens with one attached hydrogen (secondary N) is 1. The molecule has 4 aromatic rings. The monoisotopic (exact) mass is 452 g/mol. The predicted molar refractivity (Wildman–Crippen MR) is 126 cm³/mol. The van der Waals surface area contributed by atoms with Crippen LogP contribution in [0.2, 0.25) is 0 Å². The van der Waals surface area contributed by atoms with Gasteiger partial charge >= 0.3 is 5.97 Å². The van der Waals surface area contributed by atoms with E-state index in [0.29, 0.717) is 17.1 Å². The van der Waals surface area contributed by atoms with Crippen molar-refractivity contribution in [3.05, 3.63) is 96.1 Å². The number of hydrogen-bond donors (Lipinski definition) is 1. The van der Waals surface area contributed by atoms with E-state index in [0.717, 1.165) is 11.1 Å². The summed E-state index contributed by atoms with van der Waals surface area (Å²) in [6, 6.07) is 27.1. The van der Waals surface area contributed by atoms with Crippen molar-refractivity contribution >= 4 is 17.8 Å². The maximum atomic E-state index is 12.5. The Morgan fingerprint density at radius 2 is 1.53 bits per heavy atom. The lowest BCUT2D eigenvalue weighted by Gasteiger charge is -2.06. The number of benzene rings is 3. The van der Waals surface area contributed by atoms with E-state index in [1.807, 2.05) is 60.7 Å². The summed E-state index contributed by atoms with van der Waals surface area (Å²) in [6.45, 7) is -0.544. The molecule has 0 saturated heterocycles. The number of methoxy groups -OCH3 is 1. The number of carbonyl (C=O) groups is 2. The first-order valence-corrected chi connectivity index (χ1v) is 10.4. The lowest BCUT2D eigenvalue weighted by molar-refractivity contribution is -0.119. The highest BCUT2D eigenvalue weighted by Crippen LogP contribution is 2.41. The molecule has 1 N–H and O–H groups in total. The number of nitrogens with zero attached hydrogens (tertiary/aromatic N) is 1. The van der Waals surface area contributed by atoms with Gasteiger partial charge in [0.05, 0.1) is 12.7 Å². The van der Waals surface area contributed by atoms with Crippen molar-refractivity contribution in [1.82, 2.24) is 0 Å². The van der Waals surface area contributed by atoms with Crippen molar-refractivity contribution in [3.8, 4) is 34.3 Å². The van der Waals surface area contributed by atoms with Crippen LogP contribution >= 0.6 is 0 Å². The summed E-state index contributed by atoms with van der Waals surface area (Å²) in [5, 5.41) is 12.4. The van der Waals surface area contributed by atoms with Crippen LogP contribution in [0, 0.1) is 11.3 Å². The fourth-order valence-electron chi connectivity index (χ4n) is 3.40. The molecule has 0 aliphatic heterocycles. The molecule has 1 heterocycles. The van der Waals surface area contributed by atoms with Gasteiger partial charge in [0.1, 0.15) is 23.1 Å². The zero-order chi connectivity index (χ0) is 23.9. The average Bonchev–Trinajstić information content (AvgIpc) is 3.26. The van der Waals surface area contributed by atoms with Crippen molar-refractivity contribution in [3.63, 3.8) is 0 Å². The topological polar surface area (TPSA) is 102 Å². The molecule has 0 bridgehead atoms. The molecule has 0 saturated carbocycles. The number of nitriles is 1. The first-order valence-electron chi connectivity index (χ1n) is 10.4. The van der Waals surface area contributed by atoms with Gasteiger partial charge in [0.2, 0.25) is 5.88 Å². The summed E-state index contributed by atoms with van der Waals surface area (Å²) in [5.41, 5.74) is 2.55. The van der Waals surface area contributed by atoms with Crippen molar-refractivity contribution in [1.29, 1.82) is 5.26 Å². The number of esters is 1. The van der Waals surface area contributed by atoms with Crippen LogP contribution in [0.4, 0.5) is 5.88 Å². The van der Waals surface area contributed by atoms with Crippen LogP contribution in [0.3, 0.4) is 0 Å². The third-order valence-corrected chi connectivity index (χ3v) is 5.03. The van der Waals surface area contributed by atoms with Crippen LogP contribution < -0.4 is 10.1 Å². The highest BCUT2D eigenvalue weighted by Gasteiger charge is 2.24. The maximum absolute atomic E-state index is 12.5. The minimum atomic E-state index is -0.660. The van der Waals surface area contributed by atoms with Crippen molar-refractivity contribution in [2.24, 2.45) is 0 Å². The predicted octanol–water partition coefficient (Wildman–Crippen LogP) is 5.29. The van der Waals surface area contributed by atoms with Gasteiger partial charge in [-0.2, -0.15) is 5.26 Å². The Morgan fingerprint density at radius 1 is 0.912 bits per heavy atom. The lowest BCUT2D eigenvalue weighted by atomic mass is 9.98. The van der Waals surface area contributed by atoms with Crippen LogP contribution in [-0.2, 0) is 9.53 Å². The number of furan rings is 1. The minimum absolute atomic E-state index is 0.00861. The molecule has 0 fully saturated rings.